The molecule has 1 aromatic rings. The molecule has 1 saturated heterocycles. The molecule has 7 nitrogen and oxygen atoms in total. The fourth-order valence-corrected chi connectivity index (χ4v) is 5.02. The highest BCUT2D eigenvalue weighted by atomic mass is 32.2. The second-order valence-electron chi connectivity index (χ2n) is 7.53. The fraction of sp³-hybridized carbons (Fsp3) is 0.611. The highest BCUT2D eigenvalue weighted by Gasteiger charge is 2.47. The lowest BCUT2D eigenvalue weighted by atomic mass is 9.93. The minimum atomic E-state index is -3.71. The second kappa shape index (κ2) is 7.94. The predicted octanol–water partition coefficient (Wildman–Crippen LogP) is 1.83. The number of carbonyl (C=O) groups is 1. The van der Waals surface area contributed by atoms with Crippen molar-refractivity contribution in [2.75, 3.05) is 20.2 Å². The molecule has 0 saturated carbocycles. The quantitative estimate of drug-likeness (QED) is 0.727. The standard InChI is InChI=1S/C18H28N2O5S/c1-17(2,3)25-20-16(21)13-18(9-11-19-12-10-18)26(22,23)15-7-5-14(24-4)6-8-15/h5-8,19H,9-13H2,1-4H3,(H,20,21). The van der Waals surface area contributed by atoms with Crippen molar-refractivity contribution in [3.05, 3.63) is 24.3 Å². The molecule has 2 N–H and O–H groups in total. The highest BCUT2D eigenvalue weighted by Crippen LogP contribution is 2.37. The van der Waals surface area contributed by atoms with Crippen LogP contribution < -0.4 is 15.5 Å². The molecule has 0 spiro atoms. The average molecular weight is 384 g/mol. The molecule has 0 atom stereocenters. The topological polar surface area (TPSA) is 93.7 Å². The Morgan fingerprint density at radius 3 is 2.27 bits per heavy atom. The number of hydroxylamine groups is 1. The first-order valence-corrected chi connectivity index (χ1v) is 10.1. The lowest BCUT2D eigenvalue weighted by Crippen LogP contribution is -2.50. The van der Waals surface area contributed by atoms with Crippen molar-refractivity contribution in [3.63, 3.8) is 0 Å². The van der Waals surface area contributed by atoms with Crippen LogP contribution in [-0.4, -0.2) is 44.9 Å². The maximum Gasteiger partial charge on any atom is 0.245 e. The SMILES string of the molecule is COc1ccc(S(=O)(=O)C2(CC(=O)NOC(C)(C)C)CCNCC2)cc1. The van der Waals surface area contributed by atoms with E-state index >= 15 is 0 Å². The molecular weight excluding hydrogens is 356 g/mol. The zero-order chi connectivity index (χ0) is 19.4. The summed E-state index contributed by atoms with van der Waals surface area (Å²) in [6.45, 7) is 6.51. The number of carbonyl (C=O) groups excluding carboxylic acids is 1. The molecule has 8 heteroatoms. The van der Waals surface area contributed by atoms with E-state index in [2.05, 4.69) is 10.8 Å². The summed E-state index contributed by atoms with van der Waals surface area (Å²) in [5.41, 5.74) is 1.84. The minimum Gasteiger partial charge on any atom is -0.497 e. The van der Waals surface area contributed by atoms with Gasteiger partial charge in [0.25, 0.3) is 0 Å². The molecule has 1 aliphatic rings. The number of sulfone groups is 1. The molecular formula is C18H28N2O5S. The van der Waals surface area contributed by atoms with Gasteiger partial charge >= 0.3 is 0 Å². The van der Waals surface area contributed by atoms with E-state index in [-0.39, 0.29) is 11.3 Å². The maximum absolute atomic E-state index is 13.4. The maximum atomic E-state index is 13.4. The van der Waals surface area contributed by atoms with Crippen molar-refractivity contribution < 1.29 is 22.8 Å². The third-order valence-corrected chi connectivity index (χ3v) is 6.99. The number of benzene rings is 1. The minimum absolute atomic E-state index is 0.140. The lowest BCUT2D eigenvalue weighted by Gasteiger charge is -2.36. The molecule has 26 heavy (non-hydrogen) atoms. The molecule has 1 heterocycles. The Kier molecular flexibility index (Phi) is 6.31. The Balaban J connectivity index is 2.28. The third kappa shape index (κ3) is 4.75. The first-order valence-electron chi connectivity index (χ1n) is 8.66. The molecule has 0 radical (unpaired) electrons. The summed E-state index contributed by atoms with van der Waals surface area (Å²) in [6.07, 6.45) is 0.591. The molecule has 0 aliphatic carbocycles. The molecule has 1 aromatic carbocycles. The molecule has 1 aliphatic heterocycles. The monoisotopic (exact) mass is 384 g/mol. The van der Waals surface area contributed by atoms with Gasteiger partial charge in [-0.1, -0.05) is 0 Å². The zero-order valence-corrected chi connectivity index (χ0v) is 16.6. The van der Waals surface area contributed by atoms with Gasteiger partial charge in [0.1, 0.15) is 5.75 Å². The van der Waals surface area contributed by atoms with Crippen LogP contribution in [0.5, 0.6) is 5.75 Å². The van der Waals surface area contributed by atoms with Gasteiger partial charge in [0, 0.05) is 6.42 Å². The van der Waals surface area contributed by atoms with Crippen molar-refractivity contribution in [1.82, 2.24) is 10.8 Å². The van der Waals surface area contributed by atoms with Gasteiger partial charge in [0.05, 0.1) is 22.4 Å². The van der Waals surface area contributed by atoms with Crippen LogP contribution in [0, 0.1) is 0 Å². The van der Waals surface area contributed by atoms with Gasteiger partial charge < -0.3 is 10.1 Å². The van der Waals surface area contributed by atoms with Crippen molar-refractivity contribution >= 4 is 15.7 Å². The highest BCUT2D eigenvalue weighted by molar-refractivity contribution is 7.92. The smallest absolute Gasteiger partial charge is 0.245 e. The number of ether oxygens (including phenoxy) is 1. The number of methoxy groups -OCH3 is 1. The Labute approximate surface area is 155 Å². The van der Waals surface area contributed by atoms with Gasteiger partial charge in [-0.25, -0.2) is 13.9 Å². The van der Waals surface area contributed by atoms with Crippen LogP contribution in [0.2, 0.25) is 0 Å². The Morgan fingerprint density at radius 1 is 1.19 bits per heavy atom. The van der Waals surface area contributed by atoms with Gasteiger partial charge in [-0.2, -0.15) is 0 Å². The van der Waals surface area contributed by atoms with Crippen LogP contribution in [0.3, 0.4) is 0 Å². The summed E-state index contributed by atoms with van der Waals surface area (Å²) in [6, 6.07) is 6.29. The van der Waals surface area contributed by atoms with Crippen LogP contribution >= 0.6 is 0 Å². The van der Waals surface area contributed by atoms with E-state index in [1.165, 1.54) is 19.2 Å². The number of rotatable bonds is 6. The van der Waals surface area contributed by atoms with Gasteiger partial charge in [0.15, 0.2) is 9.84 Å². The number of amides is 1. The molecule has 0 bridgehead atoms. The summed E-state index contributed by atoms with van der Waals surface area (Å²) in [5.74, 6) is 0.151. The zero-order valence-electron chi connectivity index (χ0n) is 15.8. The number of hydrogen-bond donors (Lipinski definition) is 2. The summed E-state index contributed by atoms with van der Waals surface area (Å²) in [5, 5.41) is 3.16. The van der Waals surface area contributed by atoms with E-state index in [0.717, 1.165) is 0 Å². The van der Waals surface area contributed by atoms with Crippen LogP contribution in [-0.2, 0) is 19.5 Å². The van der Waals surface area contributed by atoms with Crippen LogP contribution in [0.1, 0.15) is 40.0 Å². The second-order valence-corrected chi connectivity index (χ2v) is 9.87. The molecule has 1 fully saturated rings. The van der Waals surface area contributed by atoms with E-state index in [9.17, 15) is 13.2 Å². The van der Waals surface area contributed by atoms with E-state index in [0.29, 0.717) is 31.7 Å². The van der Waals surface area contributed by atoms with Crippen molar-refractivity contribution in [1.29, 1.82) is 0 Å². The summed E-state index contributed by atoms with van der Waals surface area (Å²) < 4.78 is 30.7. The first kappa shape index (κ1) is 20.7. The summed E-state index contributed by atoms with van der Waals surface area (Å²) >= 11 is 0. The van der Waals surface area contributed by atoms with Crippen molar-refractivity contribution in [3.8, 4) is 5.75 Å². The lowest BCUT2D eigenvalue weighted by molar-refractivity contribution is -0.146. The molecule has 0 aromatic heterocycles. The largest absolute Gasteiger partial charge is 0.497 e. The van der Waals surface area contributed by atoms with Gasteiger partial charge in [-0.05, 0) is 71.0 Å². The number of hydrogen-bond acceptors (Lipinski definition) is 6. The average Bonchev–Trinajstić information content (AvgIpc) is 2.60. The summed E-state index contributed by atoms with van der Waals surface area (Å²) in [7, 11) is -2.18. The predicted molar refractivity (Wildman–Crippen MR) is 98.6 cm³/mol. The Hall–Kier alpha value is -1.64. The molecule has 146 valence electrons. The van der Waals surface area contributed by atoms with E-state index in [1.54, 1.807) is 12.1 Å². The number of piperidine rings is 1. The van der Waals surface area contributed by atoms with Crippen LogP contribution in [0.25, 0.3) is 0 Å². The first-order chi connectivity index (χ1) is 12.1. The summed E-state index contributed by atoms with van der Waals surface area (Å²) in [4.78, 5) is 17.9. The molecule has 1 amide bonds. The van der Waals surface area contributed by atoms with Crippen molar-refractivity contribution in [2.45, 2.75) is 55.3 Å². The van der Waals surface area contributed by atoms with E-state index in [4.69, 9.17) is 9.57 Å². The van der Waals surface area contributed by atoms with Gasteiger partial charge in [-0.15, -0.1) is 0 Å². The van der Waals surface area contributed by atoms with E-state index in [1.807, 2.05) is 20.8 Å². The number of nitrogens with one attached hydrogen (secondary N) is 2. The normalized spacial score (nSPS) is 17.5. The van der Waals surface area contributed by atoms with Crippen LogP contribution in [0.4, 0.5) is 0 Å². The van der Waals surface area contributed by atoms with E-state index < -0.39 is 26.1 Å². The molecule has 2 rings (SSSR count). The van der Waals surface area contributed by atoms with Gasteiger partial charge in [-0.3, -0.25) is 9.63 Å². The molecule has 0 unspecified atom stereocenters. The Morgan fingerprint density at radius 2 is 1.77 bits per heavy atom. The van der Waals surface area contributed by atoms with Crippen LogP contribution in [0.15, 0.2) is 29.2 Å². The van der Waals surface area contributed by atoms with Crippen molar-refractivity contribution in [2.24, 2.45) is 0 Å². The fourth-order valence-electron chi connectivity index (χ4n) is 2.97. The third-order valence-electron chi connectivity index (χ3n) is 4.41. The van der Waals surface area contributed by atoms with Gasteiger partial charge in [0.2, 0.25) is 5.91 Å². The Bertz CT molecular complexity index is 717.